The van der Waals surface area contributed by atoms with Gasteiger partial charge in [-0.25, -0.2) is 0 Å². The molecule has 2 atom stereocenters. The SMILES string of the molecule is CCNC(=NCCCOCCOC)N1CC2CCCCC2C1. The van der Waals surface area contributed by atoms with Crippen LogP contribution in [0, 0.1) is 11.8 Å². The van der Waals surface area contributed by atoms with Crippen molar-refractivity contribution in [3.05, 3.63) is 0 Å². The molecule has 2 unspecified atom stereocenters. The van der Waals surface area contributed by atoms with Gasteiger partial charge in [0.15, 0.2) is 5.96 Å². The van der Waals surface area contributed by atoms with Gasteiger partial charge < -0.3 is 19.7 Å². The van der Waals surface area contributed by atoms with Crippen molar-refractivity contribution in [1.29, 1.82) is 0 Å². The highest BCUT2D eigenvalue weighted by atomic mass is 16.5. The number of hydrogen-bond acceptors (Lipinski definition) is 3. The maximum Gasteiger partial charge on any atom is 0.193 e. The standard InChI is InChI=1S/C17H33N3O2/c1-3-18-17(19-9-6-10-22-12-11-21-2)20-13-15-7-4-5-8-16(15)14-20/h15-16H,3-14H2,1-2H3,(H,18,19). The lowest BCUT2D eigenvalue weighted by molar-refractivity contribution is 0.0702. The zero-order valence-electron chi connectivity index (χ0n) is 14.4. The first-order valence-corrected chi connectivity index (χ1v) is 8.95. The Balaban J connectivity index is 1.73. The molecule has 2 aliphatic rings. The fraction of sp³-hybridized carbons (Fsp3) is 0.941. The van der Waals surface area contributed by atoms with E-state index in [0.717, 1.165) is 43.9 Å². The van der Waals surface area contributed by atoms with Crippen molar-refractivity contribution in [2.24, 2.45) is 16.8 Å². The van der Waals surface area contributed by atoms with Gasteiger partial charge in [-0.1, -0.05) is 12.8 Å². The van der Waals surface area contributed by atoms with Crippen LogP contribution in [0.1, 0.15) is 39.0 Å². The Labute approximate surface area is 135 Å². The highest BCUT2D eigenvalue weighted by Gasteiger charge is 2.35. The molecule has 2 fully saturated rings. The van der Waals surface area contributed by atoms with E-state index in [2.05, 4.69) is 17.1 Å². The third-order valence-electron chi connectivity index (χ3n) is 4.75. The summed E-state index contributed by atoms with van der Waals surface area (Å²) >= 11 is 0. The van der Waals surface area contributed by atoms with E-state index in [0.29, 0.717) is 13.2 Å². The fourth-order valence-electron chi connectivity index (χ4n) is 3.60. The molecule has 0 aromatic rings. The number of likely N-dealkylation sites (tertiary alicyclic amines) is 1. The molecule has 1 aliphatic carbocycles. The summed E-state index contributed by atoms with van der Waals surface area (Å²) in [6.45, 7) is 8.42. The molecule has 5 heteroatoms. The molecule has 128 valence electrons. The van der Waals surface area contributed by atoms with Crippen molar-refractivity contribution >= 4 is 5.96 Å². The monoisotopic (exact) mass is 311 g/mol. The molecule has 0 aromatic carbocycles. The molecule has 2 rings (SSSR count). The predicted octanol–water partition coefficient (Wildman–Crippen LogP) is 2.13. The van der Waals surface area contributed by atoms with Gasteiger partial charge in [-0.3, -0.25) is 4.99 Å². The van der Waals surface area contributed by atoms with Gasteiger partial charge in [0, 0.05) is 39.9 Å². The van der Waals surface area contributed by atoms with Gasteiger partial charge in [0.1, 0.15) is 0 Å². The Morgan fingerprint density at radius 2 is 1.86 bits per heavy atom. The average Bonchev–Trinajstić information content (AvgIpc) is 2.97. The molecular weight excluding hydrogens is 278 g/mol. The van der Waals surface area contributed by atoms with E-state index < -0.39 is 0 Å². The quantitative estimate of drug-likeness (QED) is 0.424. The summed E-state index contributed by atoms with van der Waals surface area (Å²) in [4.78, 5) is 7.27. The average molecular weight is 311 g/mol. The molecule has 1 saturated heterocycles. The second-order valence-electron chi connectivity index (χ2n) is 6.40. The smallest absolute Gasteiger partial charge is 0.193 e. The second kappa shape index (κ2) is 10.1. The van der Waals surface area contributed by atoms with E-state index in [-0.39, 0.29) is 0 Å². The number of nitrogens with zero attached hydrogens (tertiary/aromatic N) is 2. The van der Waals surface area contributed by atoms with Crippen LogP contribution in [0.2, 0.25) is 0 Å². The normalized spacial score (nSPS) is 25.4. The van der Waals surface area contributed by atoms with Crippen LogP contribution >= 0.6 is 0 Å². The second-order valence-corrected chi connectivity index (χ2v) is 6.40. The molecule has 0 bridgehead atoms. The van der Waals surface area contributed by atoms with Crippen LogP contribution in [0.3, 0.4) is 0 Å². The van der Waals surface area contributed by atoms with Crippen molar-refractivity contribution in [3.63, 3.8) is 0 Å². The van der Waals surface area contributed by atoms with E-state index >= 15 is 0 Å². The number of aliphatic imine (C=N–C) groups is 1. The Hall–Kier alpha value is -0.810. The summed E-state index contributed by atoms with van der Waals surface area (Å²) in [5, 5.41) is 3.46. The van der Waals surface area contributed by atoms with Crippen molar-refractivity contribution in [3.8, 4) is 0 Å². The lowest BCUT2D eigenvalue weighted by Crippen LogP contribution is -2.40. The molecule has 1 N–H and O–H groups in total. The number of nitrogens with one attached hydrogen (secondary N) is 1. The van der Waals surface area contributed by atoms with E-state index in [4.69, 9.17) is 14.5 Å². The maximum absolute atomic E-state index is 5.49. The zero-order valence-corrected chi connectivity index (χ0v) is 14.4. The fourth-order valence-corrected chi connectivity index (χ4v) is 3.60. The summed E-state index contributed by atoms with van der Waals surface area (Å²) < 4.78 is 10.5. The van der Waals surface area contributed by atoms with Gasteiger partial charge >= 0.3 is 0 Å². The van der Waals surface area contributed by atoms with Crippen LogP contribution in [0.15, 0.2) is 4.99 Å². The molecule has 5 nitrogen and oxygen atoms in total. The number of rotatable bonds is 8. The van der Waals surface area contributed by atoms with Crippen LogP contribution in [0.4, 0.5) is 0 Å². The first-order chi connectivity index (χ1) is 10.8. The van der Waals surface area contributed by atoms with Gasteiger partial charge in [0.25, 0.3) is 0 Å². The summed E-state index contributed by atoms with van der Waals surface area (Å²) in [5.41, 5.74) is 0. The molecular formula is C17H33N3O2. The number of methoxy groups -OCH3 is 1. The first-order valence-electron chi connectivity index (χ1n) is 8.95. The Bertz CT molecular complexity index is 322. The Morgan fingerprint density at radius 3 is 2.50 bits per heavy atom. The minimum absolute atomic E-state index is 0.669. The van der Waals surface area contributed by atoms with Gasteiger partial charge in [-0.15, -0.1) is 0 Å². The van der Waals surface area contributed by atoms with Crippen LogP contribution in [-0.4, -0.2) is 64.0 Å². The van der Waals surface area contributed by atoms with Gasteiger partial charge in [-0.2, -0.15) is 0 Å². The summed E-state index contributed by atoms with van der Waals surface area (Å²) in [7, 11) is 1.70. The van der Waals surface area contributed by atoms with E-state index in [1.54, 1.807) is 7.11 Å². The number of ether oxygens (including phenoxy) is 2. The van der Waals surface area contributed by atoms with E-state index in [1.165, 1.54) is 38.8 Å². The predicted molar refractivity (Wildman–Crippen MR) is 90.3 cm³/mol. The summed E-state index contributed by atoms with van der Waals surface area (Å²) in [6, 6.07) is 0. The number of hydrogen-bond donors (Lipinski definition) is 1. The third kappa shape index (κ3) is 5.43. The maximum atomic E-state index is 5.49. The zero-order chi connectivity index (χ0) is 15.6. The van der Waals surface area contributed by atoms with Gasteiger partial charge in [0.2, 0.25) is 0 Å². The van der Waals surface area contributed by atoms with Crippen LogP contribution in [0.25, 0.3) is 0 Å². The minimum Gasteiger partial charge on any atom is -0.382 e. The van der Waals surface area contributed by atoms with Crippen molar-refractivity contribution in [2.75, 3.05) is 53.1 Å². The molecule has 1 heterocycles. The molecule has 0 amide bonds. The van der Waals surface area contributed by atoms with Crippen LogP contribution in [-0.2, 0) is 9.47 Å². The van der Waals surface area contributed by atoms with E-state index in [9.17, 15) is 0 Å². The Morgan fingerprint density at radius 1 is 1.14 bits per heavy atom. The van der Waals surface area contributed by atoms with Crippen LogP contribution < -0.4 is 5.32 Å². The lowest BCUT2D eigenvalue weighted by Gasteiger charge is -2.22. The van der Waals surface area contributed by atoms with Gasteiger partial charge in [-0.05, 0) is 38.0 Å². The third-order valence-corrected chi connectivity index (χ3v) is 4.75. The highest BCUT2D eigenvalue weighted by molar-refractivity contribution is 5.80. The summed E-state index contributed by atoms with van der Waals surface area (Å²) in [6.07, 6.45) is 6.63. The van der Waals surface area contributed by atoms with Gasteiger partial charge in [0.05, 0.1) is 13.2 Å². The molecule has 0 aromatic heterocycles. The first kappa shape index (κ1) is 17.5. The lowest BCUT2D eigenvalue weighted by atomic mass is 9.82. The highest BCUT2D eigenvalue weighted by Crippen LogP contribution is 2.35. The van der Waals surface area contributed by atoms with E-state index in [1.807, 2.05) is 0 Å². The number of guanidine groups is 1. The molecule has 22 heavy (non-hydrogen) atoms. The molecule has 1 aliphatic heterocycles. The van der Waals surface area contributed by atoms with Crippen molar-refractivity contribution < 1.29 is 9.47 Å². The van der Waals surface area contributed by atoms with Crippen molar-refractivity contribution in [1.82, 2.24) is 10.2 Å². The largest absolute Gasteiger partial charge is 0.382 e. The molecule has 0 radical (unpaired) electrons. The van der Waals surface area contributed by atoms with Crippen molar-refractivity contribution in [2.45, 2.75) is 39.0 Å². The number of fused-ring (bicyclic) bond motifs is 1. The van der Waals surface area contributed by atoms with Crippen LogP contribution in [0.5, 0.6) is 0 Å². The molecule has 0 spiro atoms. The topological polar surface area (TPSA) is 46.1 Å². The minimum atomic E-state index is 0.669. The molecule has 1 saturated carbocycles. The summed E-state index contributed by atoms with van der Waals surface area (Å²) in [5.74, 6) is 2.90. The Kier molecular flexibility index (Phi) is 8.02.